The molecule has 0 unspecified atom stereocenters. The molecule has 0 spiro atoms. The van der Waals surface area contributed by atoms with Crippen LogP contribution in [0.1, 0.15) is 29.0 Å². The van der Waals surface area contributed by atoms with E-state index in [4.69, 9.17) is 5.26 Å². The first-order chi connectivity index (χ1) is 11.8. The summed E-state index contributed by atoms with van der Waals surface area (Å²) in [5.74, 6) is -0.107. The van der Waals surface area contributed by atoms with Gasteiger partial charge >= 0.3 is 0 Å². The molecule has 2 aromatic carbocycles. The molecule has 1 amide bonds. The van der Waals surface area contributed by atoms with Crippen LogP contribution in [0.3, 0.4) is 0 Å². The summed E-state index contributed by atoms with van der Waals surface area (Å²) in [5.41, 5.74) is 2.71. The number of nitrogens with one attached hydrogen (secondary N) is 1. The van der Waals surface area contributed by atoms with Gasteiger partial charge < -0.3 is 5.32 Å². The van der Waals surface area contributed by atoms with Crippen LogP contribution in [0.25, 0.3) is 0 Å². The molecule has 0 aliphatic heterocycles. The first-order valence-electron chi connectivity index (χ1n) is 7.65. The van der Waals surface area contributed by atoms with Crippen LogP contribution in [0.5, 0.6) is 0 Å². The monoisotopic (exact) mass is 332 g/mol. The van der Waals surface area contributed by atoms with Crippen molar-refractivity contribution in [1.82, 2.24) is 0 Å². The van der Waals surface area contributed by atoms with Crippen molar-refractivity contribution in [3.63, 3.8) is 0 Å². The number of thiophene rings is 1. The average Bonchev–Trinajstić information content (AvgIpc) is 3.08. The number of hydrogen-bond donors (Lipinski definition) is 1. The van der Waals surface area contributed by atoms with Gasteiger partial charge in [0.1, 0.15) is 11.1 Å². The predicted octanol–water partition coefficient (Wildman–Crippen LogP) is 4.78. The van der Waals surface area contributed by atoms with Crippen molar-refractivity contribution in [2.75, 3.05) is 5.32 Å². The fraction of sp³-hybridized carbons (Fsp3) is 0.100. The quantitative estimate of drug-likeness (QED) is 0.731. The number of rotatable bonds is 5. The van der Waals surface area contributed by atoms with Gasteiger partial charge in [0, 0.05) is 12.3 Å². The molecule has 0 aliphatic carbocycles. The van der Waals surface area contributed by atoms with Crippen molar-refractivity contribution in [2.45, 2.75) is 12.3 Å². The second kappa shape index (κ2) is 7.58. The van der Waals surface area contributed by atoms with Crippen molar-refractivity contribution in [1.29, 1.82) is 5.26 Å². The highest BCUT2D eigenvalue weighted by Gasteiger charge is 2.19. The van der Waals surface area contributed by atoms with Crippen molar-refractivity contribution in [3.05, 3.63) is 88.8 Å². The van der Waals surface area contributed by atoms with Gasteiger partial charge in [-0.2, -0.15) is 5.26 Å². The van der Waals surface area contributed by atoms with Crippen molar-refractivity contribution >= 4 is 22.2 Å². The zero-order valence-corrected chi connectivity index (χ0v) is 13.8. The molecule has 0 saturated carbocycles. The number of amides is 1. The fourth-order valence-electron chi connectivity index (χ4n) is 2.66. The lowest BCUT2D eigenvalue weighted by Crippen LogP contribution is -2.16. The topological polar surface area (TPSA) is 52.9 Å². The van der Waals surface area contributed by atoms with Gasteiger partial charge in [0.25, 0.3) is 0 Å². The van der Waals surface area contributed by atoms with E-state index in [2.05, 4.69) is 11.4 Å². The minimum absolute atomic E-state index is 0.0158. The molecule has 0 saturated heterocycles. The summed E-state index contributed by atoms with van der Waals surface area (Å²) in [5, 5.41) is 14.4. The van der Waals surface area contributed by atoms with E-state index >= 15 is 0 Å². The molecule has 1 aromatic heterocycles. The van der Waals surface area contributed by atoms with Crippen molar-refractivity contribution < 1.29 is 4.79 Å². The minimum Gasteiger partial charge on any atom is -0.317 e. The van der Waals surface area contributed by atoms with Gasteiger partial charge in [0.15, 0.2) is 0 Å². The normalized spacial score (nSPS) is 10.3. The third kappa shape index (κ3) is 3.70. The number of nitriles is 1. The van der Waals surface area contributed by atoms with E-state index in [9.17, 15) is 4.79 Å². The smallest absolute Gasteiger partial charge is 0.225 e. The van der Waals surface area contributed by atoms with Crippen molar-refractivity contribution in [3.8, 4) is 6.07 Å². The average molecular weight is 332 g/mol. The molecule has 4 heteroatoms. The van der Waals surface area contributed by atoms with E-state index < -0.39 is 0 Å². The van der Waals surface area contributed by atoms with Crippen LogP contribution >= 0.6 is 11.3 Å². The molecule has 0 bridgehead atoms. The maximum Gasteiger partial charge on any atom is 0.225 e. The molecule has 0 radical (unpaired) electrons. The second-order valence-electron chi connectivity index (χ2n) is 5.40. The number of carbonyl (C=O) groups excluding carboxylic acids is 1. The van der Waals surface area contributed by atoms with E-state index in [-0.39, 0.29) is 11.8 Å². The first kappa shape index (κ1) is 16.0. The third-order valence-corrected chi connectivity index (χ3v) is 4.66. The van der Waals surface area contributed by atoms with E-state index in [1.807, 2.05) is 60.7 Å². The van der Waals surface area contributed by atoms with Gasteiger partial charge in [-0.15, -0.1) is 11.3 Å². The Kier molecular flexibility index (Phi) is 5.05. The van der Waals surface area contributed by atoms with Gasteiger partial charge in [0.2, 0.25) is 5.91 Å². The zero-order chi connectivity index (χ0) is 16.8. The van der Waals surface area contributed by atoms with E-state index in [0.29, 0.717) is 17.0 Å². The molecule has 3 rings (SSSR count). The maximum absolute atomic E-state index is 12.5. The first-order valence-corrected chi connectivity index (χ1v) is 8.53. The number of anilines is 1. The third-order valence-electron chi connectivity index (χ3n) is 3.83. The highest BCUT2D eigenvalue weighted by molar-refractivity contribution is 7.14. The highest BCUT2D eigenvalue weighted by Crippen LogP contribution is 2.29. The standard InChI is InChI=1S/C20H16N2OS/c21-14-17-11-12-24-20(17)22-19(23)13-18(15-7-3-1-4-8-15)16-9-5-2-6-10-16/h1-12,18H,13H2,(H,22,23). The van der Waals surface area contributed by atoms with Gasteiger partial charge in [-0.05, 0) is 22.6 Å². The largest absolute Gasteiger partial charge is 0.317 e. The molecule has 118 valence electrons. The van der Waals surface area contributed by atoms with Crippen molar-refractivity contribution in [2.24, 2.45) is 0 Å². The van der Waals surface area contributed by atoms with Gasteiger partial charge in [-0.25, -0.2) is 0 Å². The van der Waals surface area contributed by atoms with Crippen LogP contribution in [0.15, 0.2) is 72.1 Å². The van der Waals surface area contributed by atoms with Gasteiger partial charge in [-0.1, -0.05) is 60.7 Å². The Bertz CT molecular complexity index is 811. The van der Waals surface area contributed by atoms with Crippen LogP contribution < -0.4 is 5.32 Å². The lowest BCUT2D eigenvalue weighted by Gasteiger charge is -2.17. The number of benzene rings is 2. The molecule has 0 atom stereocenters. The Morgan fingerprint density at radius 2 is 1.58 bits per heavy atom. The number of carbonyl (C=O) groups is 1. The fourth-order valence-corrected chi connectivity index (χ4v) is 3.41. The molecule has 24 heavy (non-hydrogen) atoms. The zero-order valence-electron chi connectivity index (χ0n) is 13.0. The summed E-state index contributed by atoms with van der Waals surface area (Å²) in [6.07, 6.45) is 0.330. The molecular formula is C20H16N2OS. The van der Waals surface area contributed by atoms with E-state index in [0.717, 1.165) is 11.1 Å². The molecule has 1 heterocycles. The Morgan fingerprint density at radius 3 is 2.12 bits per heavy atom. The molecule has 0 fully saturated rings. The van der Waals surface area contributed by atoms with Crippen LogP contribution in [0.2, 0.25) is 0 Å². The summed E-state index contributed by atoms with van der Waals surface area (Å²) in [7, 11) is 0. The number of hydrogen-bond acceptors (Lipinski definition) is 3. The number of nitrogens with zero attached hydrogens (tertiary/aromatic N) is 1. The second-order valence-corrected chi connectivity index (χ2v) is 6.32. The summed E-state index contributed by atoms with van der Waals surface area (Å²) < 4.78 is 0. The van der Waals surface area contributed by atoms with Crippen LogP contribution in [-0.4, -0.2) is 5.91 Å². The summed E-state index contributed by atoms with van der Waals surface area (Å²) >= 11 is 1.37. The Hall–Kier alpha value is -2.90. The molecular weight excluding hydrogens is 316 g/mol. The molecule has 1 N–H and O–H groups in total. The van der Waals surface area contributed by atoms with Gasteiger partial charge in [0.05, 0.1) is 5.56 Å². The van der Waals surface area contributed by atoms with E-state index in [1.54, 1.807) is 11.4 Å². The highest BCUT2D eigenvalue weighted by atomic mass is 32.1. The Labute approximate surface area is 145 Å². The summed E-state index contributed by atoms with van der Waals surface area (Å²) in [6, 6.07) is 23.8. The lowest BCUT2D eigenvalue weighted by atomic mass is 9.88. The Morgan fingerprint density at radius 1 is 1.00 bits per heavy atom. The lowest BCUT2D eigenvalue weighted by molar-refractivity contribution is -0.116. The summed E-state index contributed by atoms with van der Waals surface area (Å²) in [4.78, 5) is 12.5. The molecule has 3 nitrogen and oxygen atoms in total. The molecule has 3 aromatic rings. The van der Waals surface area contributed by atoms with Crippen LogP contribution in [0, 0.1) is 11.3 Å². The van der Waals surface area contributed by atoms with Crippen LogP contribution in [-0.2, 0) is 4.79 Å². The van der Waals surface area contributed by atoms with Crippen LogP contribution in [0.4, 0.5) is 5.00 Å². The Balaban J connectivity index is 1.82. The maximum atomic E-state index is 12.5. The summed E-state index contributed by atoms with van der Waals surface area (Å²) in [6.45, 7) is 0. The predicted molar refractivity (Wildman–Crippen MR) is 97.0 cm³/mol. The molecule has 0 aliphatic rings. The minimum atomic E-state index is -0.0911. The van der Waals surface area contributed by atoms with Gasteiger partial charge in [-0.3, -0.25) is 4.79 Å². The SMILES string of the molecule is N#Cc1ccsc1NC(=O)CC(c1ccccc1)c1ccccc1. The van der Waals surface area contributed by atoms with E-state index in [1.165, 1.54) is 11.3 Å².